The molecule has 1 amide bonds. The predicted molar refractivity (Wildman–Crippen MR) is 84.4 cm³/mol. The highest BCUT2D eigenvalue weighted by Crippen LogP contribution is 2.33. The molecule has 4 heteroatoms. The molecule has 1 heterocycles. The van der Waals surface area contributed by atoms with Crippen molar-refractivity contribution >= 4 is 11.9 Å². The van der Waals surface area contributed by atoms with Gasteiger partial charge >= 0.3 is 5.97 Å². The number of carboxylic acids is 1. The summed E-state index contributed by atoms with van der Waals surface area (Å²) in [6, 6.07) is 5.23. The number of benzene rings is 1. The Hall–Kier alpha value is -1.84. The molecule has 1 aliphatic carbocycles. The molecule has 2 fully saturated rings. The summed E-state index contributed by atoms with van der Waals surface area (Å²) in [5.74, 6) is -0.566. The summed E-state index contributed by atoms with van der Waals surface area (Å²) in [5, 5.41) is 9.35. The van der Waals surface area contributed by atoms with Crippen LogP contribution in [0.2, 0.25) is 0 Å². The quantitative estimate of drug-likeness (QED) is 0.926. The summed E-state index contributed by atoms with van der Waals surface area (Å²) in [6.45, 7) is 1.57. The molecule has 0 aromatic heterocycles. The molecule has 0 radical (unpaired) electrons. The fraction of sp³-hybridized carbons (Fsp3) is 0.556. The Bertz CT molecular complexity index is 570. The van der Waals surface area contributed by atoms with Crippen molar-refractivity contribution in [2.75, 3.05) is 13.1 Å². The first-order chi connectivity index (χ1) is 10.6. The molecule has 0 atom stereocenters. The van der Waals surface area contributed by atoms with E-state index in [1.54, 1.807) is 6.07 Å². The zero-order valence-corrected chi connectivity index (χ0v) is 12.9. The molecule has 2 aliphatic rings. The average Bonchev–Trinajstić information content (AvgIpc) is 3.09. The number of nitrogens with zero attached hydrogens (tertiary/aromatic N) is 1. The molecule has 0 bridgehead atoms. The molecule has 1 saturated heterocycles. The molecular formula is C18H23NO3. The highest BCUT2D eigenvalue weighted by Gasteiger charge is 2.23. The van der Waals surface area contributed by atoms with E-state index >= 15 is 0 Å². The summed E-state index contributed by atoms with van der Waals surface area (Å²) in [6.07, 6.45) is 7.92. The monoisotopic (exact) mass is 301 g/mol. The van der Waals surface area contributed by atoms with Gasteiger partial charge in [0.05, 0.1) is 5.56 Å². The maximum absolute atomic E-state index is 12.6. The summed E-state index contributed by atoms with van der Waals surface area (Å²) in [5.41, 5.74) is 1.81. The van der Waals surface area contributed by atoms with E-state index in [4.69, 9.17) is 0 Å². The van der Waals surface area contributed by atoms with E-state index < -0.39 is 5.97 Å². The number of aromatic carboxylic acids is 1. The van der Waals surface area contributed by atoms with Crippen LogP contribution in [0.5, 0.6) is 0 Å². The van der Waals surface area contributed by atoms with E-state index in [1.807, 2.05) is 11.0 Å². The molecule has 0 spiro atoms. The number of amides is 1. The molecule has 1 aromatic rings. The third-order valence-electron chi connectivity index (χ3n) is 4.92. The van der Waals surface area contributed by atoms with Gasteiger partial charge in [-0.15, -0.1) is 0 Å². The van der Waals surface area contributed by atoms with Crippen molar-refractivity contribution < 1.29 is 14.7 Å². The first-order valence-corrected chi connectivity index (χ1v) is 8.33. The van der Waals surface area contributed by atoms with Crippen LogP contribution in [0, 0.1) is 0 Å². The zero-order chi connectivity index (χ0) is 15.5. The van der Waals surface area contributed by atoms with Crippen molar-refractivity contribution in [3.63, 3.8) is 0 Å². The van der Waals surface area contributed by atoms with E-state index in [1.165, 1.54) is 25.3 Å². The topological polar surface area (TPSA) is 57.6 Å². The van der Waals surface area contributed by atoms with Crippen molar-refractivity contribution in [3.8, 4) is 0 Å². The van der Waals surface area contributed by atoms with Gasteiger partial charge in [-0.25, -0.2) is 4.79 Å². The molecule has 1 N–H and O–H groups in total. The van der Waals surface area contributed by atoms with Crippen molar-refractivity contribution in [2.24, 2.45) is 0 Å². The molecule has 1 aromatic carbocycles. The minimum Gasteiger partial charge on any atom is -0.478 e. The van der Waals surface area contributed by atoms with Crippen LogP contribution in [0.15, 0.2) is 18.2 Å². The number of rotatable bonds is 3. The summed E-state index contributed by atoms with van der Waals surface area (Å²) >= 11 is 0. The second-order valence-electron chi connectivity index (χ2n) is 6.48. The number of carbonyl (C=O) groups is 2. The van der Waals surface area contributed by atoms with Crippen molar-refractivity contribution in [1.82, 2.24) is 4.90 Å². The van der Waals surface area contributed by atoms with Gasteiger partial charge in [-0.2, -0.15) is 0 Å². The van der Waals surface area contributed by atoms with Crippen LogP contribution in [0.25, 0.3) is 0 Å². The number of likely N-dealkylation sites (tertiary alicyclic amines) is 1. The van der Waals surface area contributed by atoms with Gasteiger partial charge in [0.15, 0.2) is 0 Å². The fourth-order valence-corrected chi connectivity index (χ4v) is 3.67. The Labute approximate surface area is 131 Å². The standard InChI is InChI=1S/C18H23NO3/c20-17(19-8-4-5-9-19)15-10-14(11-16(12-15)18(21)22)13-6-2-1-3-7-13/h10-13H,1-9H2,(H,21,22). The molecular weight excluding hydrogens is 278 g/mol. The fourth-order valence-electron chi connectivity index (χ4n) is 3.67. The lowest BCUT2D eigenvalue weighted by molar-refractivity contribution is 0.0696. The first kappa shape index (κ1) is 15.1. The van der Waals surface area contributed by atoms with E-state index in [0.29, 0.717) is 11.5 Å². The number of hydrogen-bond donors (Lipinski definition) is 1. The molecule has 1 aliphatic heterocycles. The van der Waals surface area contributed by atoms with Crippen LogP contribution >= 0.6 is 0 Å². The van der Waals surface area contributed by atoms with Gasteiger partial charge in [0.2, 0.25) is 0 Å². The molecule has 22 heavy (non-hydrogen) atoms. The third kappa shape index (κ3) is 3.16. The van der Waals surface area contributed by atoms with Crippen LogP contribution in [0.4, 0.5) is 0 Å². The van der Waals surface area contributed by atoms with Gasteiger partial charge in [0, 0.05) is 18.7 Å². The number of hydrogen-bond acceptors (Lipinski definition) is 2. The Morgan fingerprint density at radius 1 is 0.909 bits per heavy atom. The lowest BCUT2D eigenvalue weighted by atomic mass is 9.83. The Morgan fingerprint density at radius 2 is 1.55 bits per heavy atom. The summed E-state index contributed by atoms with van der Waals surface area (Å²) < 4.78 is 0. The Morgan fingerprint density at radius 3 is 2.18 bits per heavy atom. The first-order valence-electron chi connectivity index (χ1n) is 8.33. The van der Waals surface area contributed by atoms with Crippen molar-refractivity contribution in [3.05, 3.63) is 34.9 Å². The lowest BCUT2D eigenvalue weighted by Gasteiger charge is -2.23. The van der Waals surface area contributed by atoms with Crippen LogP contribution < -0.4 is 0 Å². The van der Waals surface area contributed by atoms with Crippen LogP contribution in [-0.2, 0) is 0 Å². The third-order valence-corrected chi connectivity index (χ3v) is 4.92. The normalized spacial score (nSPS) is 19.4. The minimum atomic E-state index is -0.951. The van der Waals surface area contributed by atoms with Crippen molar-refractivity contribution in [2.45, 2.75) is 50.9 Å². The minimum absolute atomic E-state index is 0.0161. The maximum Gasteiger partial charge on any atom is 0.335 e. The van der Waals surface area contributed by atoms with E-state index in [2.05, 4.69) is 0 Å². The zero-order valence-electron chi connectivity index (χ0n) is 12.9. The van der Waals surface area contributed by atoms with Gasteiger partial charge in [-0.05, 0) is 55.4 Å². The maximum atomic E-state index is 12.6. The average molecular weight is 301 g/mol. The lowest BCUT2D eigenvalue weighted by Crippen LogP contribution is -2.28. The van der Waals surface area contributed by atoms with Crippen LogP contribution in [0.1, 0.15) is 77.1 Å². The second kappa shape index (κ2) is 6.51. The largest absolute Gasteiger partial charge is 0.478 e. The SMILES string of the molecule is O=C(O)c1cc(C(=O)N2CCCC2)cc(C2CCCCC2)c1. The summed E-state index contributed by atoms with van der Waals surface area (Å²) in [7, 11) is 0. The van der Waals surface area contributed by atoms with E-state index in [0.717, 1.165) is 44.3 Å². The smallest absolute Gasteiger partial charge is 0.335 e. The molecule has 3 rings (SSSR count). The molecule has 4 nitrogen and oxygen atoms in total. The Kier molecular flexibility index (Phi) is 4.46. The number of carboxylic acid groups (broad SMARTS) is 1. The van der Waals surface area contributed by atoms with Gasteiger partial charge in [-0.3, -0.25) is 4.79 Å². The van der Waals surface area contributed by atoms with Gasteiger partial charge < -0.3 is 10.0 Å². The molecule has 1 saturated carbocycles. The second-order valence-corrected chi connectivity index (χ2v) is 6.48. The van der Waals surface area contributed by atoms with Crippen molar-refractivity contribution in [1.29, 1.82) is 0 Å². The number of carbonyl (C=O) groups excluding carboxylic acids is 1. The van der Waals surface area contributed by atoms with Crippen LogP contribution in [-0.4, -0.2) is 35.0 Å². The van der Waals surface area contributed by atoms with Gasteiger partial charge in [-0.1, -0.05) is 19.3 Å². The highest BCUT2D eigenvalue weighted by molar-refractivity contribution is 5.98. The molecule has 0 unspecified atom stereocenters. The summed E-state index contributed by atoms with van der Waals surface area (Å²) in [4.78, 5) is 25.8. The van der Waals surface area contributed by atoms with Crippen LogP contribution in [0.3, 0.4) is 0 Å². The molecule has 118 valence electrons. The van der Waals surface area contributed by atoms with E-state index in [9.17, 15) is 14.7 Å². The van der Waals surface area contributed by atoms with E-state index in [-0.39, 0.29) is 11.5 Å². The predicted octanol–water partition coefficient (Wildman–Crippen LogP) is 3.67. The van der Waals surface area contributed by atoms with Gasteiger partial charge in [0.1, 0.15) is 0 Å². The van der Waals surface area contributed by atoms with Gasteiger partial charge in [0.25, 0.3) is 5.91 Å². The highest BCUT2D eigenvalue weighted by atomic mass is 16.4. The Balaban J connectivity index is 1.92.